The number of nitrogen functional groups attached to an aromatic ring is 1. The minimum absolute atomic E-state index is 0.129. The normalized spacial score (nSPS) is 11.7. The second-order valence-corrected chi connectivity index (χ2v) is 3.16. The summed E-state index contributed by atoms with van der Waals surface area (Å²) in [5, 5.41) is 0.362. The molecule has 2 N–H and O–H groups in total. The van der Waals surface area contributed by atoms with Crippen molar-refractivity contribution < 1.29 is 13.2 Å². The molecule has 0 amide bonds. The van der Waals surface area contributed by atoms with E-state index in [-0.39, 0.29) is 5.69 Å². The molecule has 0 saturated heterocycles. The highest BCUT2D eigenvalue weighted by Gasteiger charge is 2.30. The van der Waals surface area contributed by atoms with Gasteiger partial charge in [-0.2, -0.15) is 13.2 Å². The van der Waals surface area contributed by atoms with E-state index < -0.39 is 11.7 Å². The third-order valence-corrected chi connectivity index (χ3v) is 2.14. The Balaban J connectivity index is 3.16. The highest BCUT2D eigenvalue weighted by Crippen LogP contribution is 2.31. The van der Waals surface area contributed by atoms with Gasteiger partial charge in [-0.25, -0.2) is 0 Å². The van der Waals surface area contributed by atoms with E-state index >= 15 is 0 Å². The van der Waals surface area contributed by atoms with Gasteiger partial charge in [0.15, 0.2) is 0 Å². The van der Waals surface area contributed by atoms with E-state index in [0.717, 1.165) is 12.1 Å². The van der Waals surface area contributed by atoms with Crippen molar-refractivity contribution in [2.75, 3.05) is 5.73 Å². The van der Waals surface area contributed by atoms with E-state index in [4.69, 9.17) is 5.73 Å². The van der Waals surface area contributed by atoms with Gasteiger partial charge >= 0.3 is 6.18 Å². The predicted octanol–water partition coefficient (Wildman–Crippen LogP) is 3.18. The average Bonchev–Trinajstić information content (AvgIpc) is 2.01. The number of hydrogen-bond donors (Lipinski definition) is 1. The molecule has 0 aliphatic heterocycles. The Morgan fingerprint density at radius 1 is 1.23 bits per heavy atom. The van der Waals surface area contributed by atoms with E-state index in [9.17, 15) is 13.2 Å². The second kappa shape index (κ2) is 3.57. The molecule has 1 rings (SSSR count). The van der Waals surface area contributed by atoms with Crippen LogP contribution in [0.15, 0.2) is 18.2 Å². The van der Waals surface area contributed by atoms with Crippen molar-refractivity contribution in [1.82, 2.24) is 0 Å². The van der Waals surface area contributed by atoms with Gasteiger partial charge in [-0.15, -0.1) is 0 Å². The molecule has 0 aliphatic carbocycles. The van der Waals surface area contributed by atoms with Gasteiger partial charge in [0.25, 0.3) is 0 Å². The van der Waals surface area contributed by atoms with Crippen molar-refractivity contribution in [3.05, 3.63) is 29.3 Å². The largest absolute Gasteiger partial charge is 0.416 e. The number of benzene rings is 1. The van der Waals surface area contributed by atoms with Crippen LogP contribution in [0.3, 0.4) is 0 Å². The molecule has 0 unspecified atom stereocenters. The molecule has 72 valence electrons. The van der Waals surface area contributed by atoms with E-state index in [0.29, 0.717) is 10.9 Å². The van der Waals surface area contributed by atoms with E-state index in [1.54, 1.807) is 0 Å². The van der Waals surface area contributed by atoms with Gasteiger partial charge in [0.2, 0.25) is 0 Å². The van der Waals surface area contributed by atoms with Crippen LogP contribution in [-0.2, 0) is 11.5 Å². The highest BCUT2D eigenvalue weighted by molar-refractivity contribution is 9.08. The fraction of sp³-hybridized carbons (Fsp3) is 0.250. The quantitative estimate of drug-likeness (QED) is 0.604. The van der Waals surface area contributed by atoms with Crippen LogP contribution in [0.1, 0.15) is 11.1 Å². The van der Waals surface area contributed by atoms with Crippen LogP contribution in [0.4, 0.5) is 18.9 Å². The Bertz CT molecular complexity index is 309. The zero-order chi connectivity index (χ0) is 10.1. The predicted molar refractivity (Wildman–Crippen MR) is 48.5 cm³/mol. The summed E-state index contributed by atoms with van der Waals surface area (Å²) in [5.74, 6) is 0. The Morgan fingerprint density at radius 2 is 1.85 bits per heavy atom. The number of halogens is 4. The second-order valence-electron chi connectivity index (χ2n) is 2.59. The van der Waals surface area contributed by atoms with Crippen LogP contribution in [0.25, 0.3) is 0 Å². The van der Waals surface area contributed by atoms with Gasteiger partial charge in [-0.3, -0.25) is 0 Å². The Hall–Kier alpha value is -0.710. The Kier molecular flexibility index (Phi) is 2.85. The summed E-state index contributed by atoms with van der Waals surface area (Å²) in [6, 6.07) is 3.50. The fourth-order valence-electron chi connectivity index (χ4n) is 0.959. The van der Waals surface area contributed by atoms with E-state index in [1.807, 2.05) is 0 Å². The number of nitrogens with two attached hydrogens (primary N) is 1. The number of anilines is 1. The average molecular weight is 254 g/mol. The summed E-state index contributed by atoms with van der Waals surface area (Å²) in [5.41, 5.74) is 5.25. The Labute approximate surface area is 81.9 Å². The SMILES string of the molecule is Nc1cc(CBr)cc(C(F)(F)F)c1. The first kappa shape index (κ1) is 10.4. The summed E-state index contributed by atoms with van der Waals surface area (Å²) in [6.07, 6.45) is -4.33. The van der Waals surface area contributed by atoms with E-state index in [1.165, 1.54) is 6.07 Å². The van der Waals surface area contributed by atoms with Crippen molar-refractivity contribution in [2.24, 2.45) is 0 Å². The van der Waals surface area contributed by atoms with Crippen LogP contribution >= 0.6 is 15.9 Å². The van der Waals surface area contributed by atoms with Crippen molar-refractivity contribution in [1.29, 1.82) is 0 Å². The first-order valence-corrected chi connectivity index (χ1v) is 4.58. The van der Waals surface area contributed by atoms with Crippen molar-refractivity contribution >= 4 is 21.6 Å². The maximum absolute atomic E-state index is 12.2. The topological polar surface area (TPSA) is 26.0 Å². The molecule has 0 radical (unpaired) electrons. The van der Waals surface area contributed by atoms with Gasteiger partial charge in [0.05, 0.1) is 5.56 Å². The minimum Gasteiger partial charge on any atom is -0.399 e. The number of rotatable bonds is 1. The maximum atomic E-state index is 12.2. The molecule has 0 heterocycles. The highest BCUT2D eigenvalue weighted by atomic mass is 79.9. The fourth-order valence-corrected chi connectivity index (χ4v) is 1.28. The van der Waals surface area contributed by atoms with Crippen LogP contribution in [-0.4, -0.2) is 0 Å². The minimum atomic E-state index is -4.33. The van der Waals surface area contributed by atoms with Gasteiger partial charge in [0, 0.05) is 11.0 Å². The molecule has 0 saturated carbocycles. The molecule has 0 spiro atoms. The first-order chi connectivity index (χ1) is 5.93. The maximum Gasteiger partial charge on any atom is 0.416 e. The van der Waals surface area contributed by atoms with Gasteiger partial charge in [0.1, 0.15) is 0 Å². The Morgan fingerprint density at radius 3 is 2.31 bits per heavy atom. The molecule has 0 fully saturated rings. The molecular formula is C8H7BrF3N. The van der Waals surface area contributed by atoms with Gasteiger partial charge in [-0.05, 0) is 23.8 Å². The van der Waals surface area contributed by atoms with Crippen molar-refractivity contribution in [3.8, 4) is 0 Å². The molecule has 0 bridgehead atoms. The zero-order valence-corrected chi connectivity index (χ0v) is 8.11. The lowest BCUT2D eigenvalue weighted by atomic mass is 10.1. The molecule has 1 aromatic rings. The zero-order valence-electron chi connectivity index (χ0n) is 6.53. The summed E-state index contributed by atoms with van der Waals surface area (Å²) in [7, 11) is 0. The van der Waals surface area contributed by atoms with Crippen LogP contribution in [0.2, 0.25) is 0 Å². The summed E-state index contributed by atoms with van der Waals surface area (Å²) in [6.45, 7) is 0. The number of hydrogen-bond acceptors (Lipinski definition) is 1. The third-order valence-electron chi connectivity index (χ3n) is 1.50. The molecular weight excluding hydrogens is 247 g/mol. The third kappa shape index (κ3) is 2.62. The van der Waals surface area contributed by atoms with Crippen molar-refractivity contribution in [2.45, 2.75) is 11.5 Å². The summed E-state index contributed by atoms with van der Waals surface area (Å²) >= 11 is 3.07. The molecule has 0 atom stereocenters. The summed E-state index contributed by atoms with van der Waals surface area (Å²) in [4.78, 5) is 0. The standard InChI is InChI=1S/C8H7BrF3N/c9-4-5-1-6(8(10,11)12)3-7(13)2-5/h1-3H,4,13H2. The molecule has 5 heteroatoms. The molecule has 1 nitrogen and oxygen atoms in total. The monoisotopic (exact) mass is 253 g/mol. The van der Waals surface area contributed by atoms with Crippen LogP contribution in [0, 0.1) is 0 Å². The lowest BCUT2D eigenvalue weighted by molar-refractivity contribution is -0.137. The lowest BCUT2D eigenvalue weighted by Gasteiger charge is -2.08. The lowest BCUT2D eigenvalue weighted by Crippen LogP contribution is -2.06. The molecule has 1 aromatic carbocycles. The van der Waals surface area contributed by atoms with E-state index in [2.05, 4.69) is 15.9 Å². The molecule has 13 heavy (non-hydrogen) atoms. The first-order valence-electron chi connectivity index (χ1n) is 3.46. The van der Waals surface area contributed by atoms with Crippen molar-refractivity contribution in [3.63, 3.8) is 0 Å². The van der Waals surface area contributed by atoms with Crippen LogP contribution < -0.4 is 5.73 Å². The molecule has 0 aliphatic rings. The van der Waals surface area contributed by atoms with Gasteiger partial charge in [-0.1, -0.05) is 15.9 Å². The molecule has 0 aromatic heterocycles. The number of alkyl halides is 4. The summed E-state index contributed by atoms with van der Waals surface area (Å²) < 4.78 is 36.6. The van der Waals surface area contributed by atoms with Gasteiger partial charge < -0.3 is 5.73 Å². The van der Waals surface area contributed by atoms with Crippen LogP contribution in [0.5, 0.6) is 0 Å². The smallest absolute Gasteiger partial charge is 0.399 e.